The summed E-state index contributed by atoms with van der Waals surface area (Å²) in [6.45, 7) is 3.96. The predicted octanol–water partition coefficient (Wildman–Crippen LogP) is 3.77. The highest BCUT2D eigenvalue weighted by atomic mass is 32.1. The monoisotopic (exact) mass is 385 g/mol. The predicted molar refractivity (Wildman–Crippen MR) is 116 cm³/mol. The van der Waals surface area contributed by atoms with E-state index in [0.717, 1.165) is 44.4 Å². The van der Waals surface area contributed by atoms with E-state index < -0.39 is 0 Å². The van der Waals surface area contributed by atoms with Gasteiger partial charge in [-0.1, -0.05) is 18.9 Å². The zero-order valence-electron chi connectivity index (χ0n) is 16.5. The lowest BCUT2D eigenvalue weighted by molar-refractivity contribution is 0.486. The highest BCUT2D eigenvalue weighted by Crippen LogP contribution is 2.18. The van der Waals surface area contributed by atoms with E-state index >= 15 is 0 Å². The largest absolute Gasteiger partial charge is 0.357 e. The zero-order chi connectivity index (χ0) is 18.9. The lowest BCUT2D eigenvalue weighted by atomic mass is 10.2. The molecule has 0 unspecified atom stereocenters. The molecule has 2 aromatic rings. The van der Waals surface area contributed by atoms with Gasteiger partial charge in [-0.2, -0.15) is 0 Å². The number of likely N-dealkylation sites (N-methyl/N-ethyl adjacent to an activating group) is 1. The minimum Gasteiger partial charge on any atom is -0.357 e. The van der Waals surface area contributed by atoms with Gasteiger partial charge in [-0.25, -0.2) is 4.98 Å². The van der Waals surface area contributed by atoms with E-state index in [1.165, 1.54) is 36.1 Å². The van der Waals surface area contributed by atoms with E-state index in [1.807, 2.05) is 24.6 Å². The molecule has 2 aromatic heterocycles. The standard InChI is InChI=1S/C21H31N5S/c1-22-21(25(2)14-10-19-8-7-15-27-19)24-17-18-9-11-23-20(16-18)26-12-5-3-4-6-13-26/h7-9,11,15-16H,3-6,10,12-14,17H2,1-2H3,(H,22,24). The number of pyridine rings is 1. The lowest BCUT2D eigenvalue weighted by Crippen LogP contribution is -2.39. The molecule has 0 aliphatic carbocycles. The number of thiophene rings is 1. The molecule has 0 spiro atoms. The lowest BCUT2D eigenvalue weighted by Gasteiger charge is -2.23. The first kappa shape index (κ1) is 19.7. The molecule has 0 radical (unpaired) electrons. The van der Waals surface area contributed by atoms with E-state index in [9.17, 15) is 0 Å². The second kappa shape index (κ2) is 10.3. The fraction of sp³-hybridized carbons (Fsp3) is 0.524. The van der Waals surface area contributed by atoms with Gasteiger partial charge in [-0.3, -0.25) is 4.99 Å². The Morgan fingerprint density at radius 1 is 1.26 bits per heavy atom. The summed E-state index contributed by atoms with van der Waals surface area (Å²) in [5.41, 5.74) is 1.25. The van der Waals surface area contributed by atoms with Crippen molar-refractivity contribution in [3.05, 3.63) is 46.3 Å². The number of nitrogens with one attached hydrogen (secondary N) is 1. The van der Waals surface area contributed by atoms with Crippen molar-refractivity contribution < 1.29 is 0 Å². The van der Waals surface area contributed by atoms with E-state index in [2.05, 4.69) is 61.8 Å². The first-order chi connectivity index (χ1) is 13.3. The van der Waals surface area contributed by atoms with Gasteiger partial charge in [-0.15, -0.1) is 11.3 Å². The Bertz CT molecular complexity index is 705. The second-order valence-electron chi connectivity index (χ2n) is 7.08. The van der Waals surface area contributed by atoms with Gasteiger partial charge in [0.2, 0.25) is 0 Å². The molecule has 3 rings (SSSR count). The van der Waals surface area contributed by atoms with Crippen LogP contribution in [-0.2, 0) is 13.0 Å². The number of guanidine groups is 1. The summed E-state index contributed by atoms with van der Waals surface area (Å²) in [4.78, 5) is 15.1. The van der Waals surface area contributed by atoms with E-state index in [4.69, 9.17) is 0 Å². The van der Waals surface area contributed by atoms with Crippen molar-refractivity contribution in [3.8, 4) is 0 Å². The van der Waals surface area contributed by atoms with Gasteiger partial charge in [0, 0.05) is 51.3 Å². The molecule has 1 N–H and O–H groups in total. The van der Waals surface area contributed by atoms with Crippen LogP contribution in [0.4, 0.5) is 5.82 Å². The molecule has 0 aromatic carbocycles. The third-order valence-electron chi connectivity index (χ3n) is 5.04. The van der Waals surface area contributed by atoms with Crippen molar-refractivity contribution in [2.75, 3.05) is 38.6 Å². The van der Waals surface area contributed by atoms with E-state index in [-0.39, 0.29) is 0 Å². The Kier molecular flexibility index (Phi) is 7.51. The average Bonchev–Trinajstić information content (AvgIpc) is 3.07. The topological polar surface area (TPSA) is 43.8 Å². The summed E-state index contributed by atoms with van der Waals surface area (Å²) in [6.07, 6.45) is 8.19. The zero-order valence-corrected chi connectivity index (χ0v) is 17.3. The third kappa shape index (κ3) is 5.96. The normalized spacial score (nSPS) is 15.5. The van der Waals surface area contributed by atoms with Gasteiger partial charge in [0.25, 0.3) is 0 Å². The summed E-state index contributed by atoms with van der Waals surface area (Å²) in [6, 6.07) is 8.61. The van der Waals surface area contributed by atoms with Crippen LogP contribution in [0.15, 0.2) is 40.8 Å². The summed E-state index contributed by atoms with van der Waals surface area (Å²) < 4.78 is 0. The molecule has 1 aliphatic heterocycles. The van der Waals surface area contributed by atoms with Crippen LogP contribution >= 0.6 is 11.3 Å². The Morgan fingerprint density at radius 3 is 2.78 bits per heavy atom. The van der Waals surface area contributed by atoms with Crippen molar-refractivity contribution in [2.45, 2.75) is 38.6 Å². The first-order valence-electron chi connectivity index (χ1n) is 9.90. The van der Waals surface area contributed by atoms with Crippen LogP contribution in [0.2, 0.25) is 0 Å². The smallest absolute Gasteiger partial charge is 0.193 e. The van der Waals surface area contributed by atoms with Crippen LogP contribution in [0.3, 0.4) is 0 Å². The van der Waals surface area contributed by atoms with Gasteiger partial charge in [0.15, 0.2) is 5.96 Å². The number of aliphatic imine (C=N–C) groups is 1. The van der Waals surface area contributed by atoms with Crippen molar-refractivity contribution in [3.63, 3.8) is 0 Å². The molecular weight excluding hydrogens is 354 g/mol. The summed E-state index contributed by atoms with van der Waals surface area (Å²) >= 11 is 1.81. The second-order valence-corrected chi connectivity index (χ2v) is 8.11. The maximum Gasteiger partial charge on any atom is 0.193 e. The SMILES string of the molecule is CN=C(NCc1ccnc(N2CCCCCC2)c1)N(C)CCc1cccs1. The van der Waals surface area contributed by atoms with Gasteiger partial charge in [0.05, 0.1) is 0 Å². The minimum absolute atomic E-state index is 0.763. The Labute approximate surface area is 167 Å². The fourth-order valence-electron chi connectivity index (χ4n) is 3.45. The van der Waals surface area contributed by atoms with Crippen molar-refractivity contribution in [2.24, 2.45) is 4.99 Å². The van der Waals surface area contributed by atoms with Crippen molar-refractivity contribution in [1.29, 1.82) is 0 Å². The Hall–Kier alpha value is -2.08. The molecule has 27 heavy (non-hydrogen) atoms. The maximum absolute atomic E-state index is 4.60. The maximum atomic E-state index is 4.60. The molecule has 1 fully saturated rings. The number of hydrogen-bond donors (Lipinski definition) is 1. The first-order valence-corrected chi connectivity index (χ1v) is 10.8. The van der Waals surface area contributed by atoms with Crippen molar-refractivity contribution >= 4 is 23.1 Å². The fourth-order valence-corrected chi connectivity index (χ4v) is 4.15. The number of nitrogens with zero attached hydrogens (tertiary/aromatic N) is 4. The molecule has 0 amide bonds. The molecule has 0 saturated carbocycles. The number of hydrogen-bond acceptors (Lipinski definition) is 4. The van der Waals surface area contributed by atoms with E-state index in [0.29, 0.717) is 0 Å². The highest BCUT2D eigenvalue weighted by molar-refractivity contribution is 7.09. The molecule has 1 saturated heterocycles. The molecule has 5 nitrogen and oxygen atoms in total. The van der Waals surface area contributed by atoms with E-state index in [1.54, 1.807) is 0 Å². The van der Waals surface area contributed by atoms with Gasteiger partial charge < -0.3 is 15.1 Å². The summed E-state index contributed by atoms with van der Waals surface area (Å²) in [5, 5.41) is 5.62. The van der Waals surface area contributed by atoms with Crippen molar-refractivity contribution in [1.82, 2.24) is 15.2 Å². The quantitative estimate of drug-likeness (QED) is 0.607. The third-order valence-corrected chi connectivity index (χ3v) is 5.97. The molecule has 1 aliphatic rings. The van der Waals surface area contributed by atoms with Crippen LogP contribution in [0.5, 0.6) is 0 Å². The molecule has 3 heterocycles. The molecule has 0 bridgehead atoms. The Balaban J connectivity index is 1.53. The highest BCUT2D eigenvalue weighted by Gasteiger charge is 2.12. The number of anilines is 1. The minimum atomic E-state index is 0.763. The van der Waals surface area contributed by atoms with Crippen LogP contribution in [0.1, 0.15) is 36.1 Å². The number of aromatic nitrogens is 1. The van der Waals surface area contributed by atoms with Crippen LogP contribution < -0.4 is 10.2 Å². The van der Waals surface area contributed by atoms with Crippen LogP contribution in [0.25, 0.3) is 0 Å². The average molecular weight is 386 g/mol. The van der Waals surface area contributed by atoms with Gasteiger partial charge >= 0.3 is 0 Å². The summed E-state index contributed by atoms with van der Waals surface area (Å²) in [7, 11) is 3.94. The Morgan fingerprint density at radius 2 is 2.07 bits per heavy atom. The van der Waals surface area contributed by atoms with Gasteiger partial charge in [-0.05, 0) is 48.4 Å². The van der Waals surface area contributed by atoms with Crippen LogP contribution in [0, 0.1) is 0 Å². The van der Waals surface area contributed by atoms with Crippen LogP contribution in [-0.4, -0.2) is 49.6 Å². The summed E-state index contributed by atoms with van der Waals surface area (Å²) in [5.74, 6) is 2.04. The van der Waals surface area contributed by atoms with Gasteiger partial charge in [0.1, 0.15) is 5.82 Å². The molecule has 6 heteroatoms. The molecule has 146 valence electrons. The molecule has 0 atom stereocenters. The number of rotatable bonds is 6. The molecular formula is C21H31N5S.